The maximum Gasteiger partial charge on any atom is 0.303 e. The van der Waals surface area contributed by atoms with E-state index in [-0.39, 0.29) is 42.2 Å². The number of aliphatic hydroxyl groups excluding tert-OH is 1. The number of aliphatic carboxylic acids is 1. The van der Waals surface area contributed by atoms with Crippen LogP contribution in [-0.2, 0) is 38.4 Å². The Hall–Kier alpha value is -4.46. The van der Waals surface area contributed by atoms with E-state index in [2.05, 4.69) is 10.6 Å². The highest BCUT2D eigenvalue weighted by Gasteiger charge is 2.38. The fraction of sp³-hybridized carbons (Fsp3) is 0.462. The fourth-order valence-electron chi connectivity index (χ4n) is 4.28. The minimum absolute atomic E-state index is 0.0987. The van der Waals surface area contributed by atoms with Crippen LogP contribution in [0.2, 0.25) is 0 Å². The fourth-order valence-corrected chi connectivity index (χ4v) is 4.28. The molecule has 1 aliphatic rings. The number of hydrogen-bond donors (Lipinski definition) is 4. The lowest BCUT2D eigenvalue weighted by Gasteiger charge is -2.26. The summed E-state index contributed by atoms with van der Waals surface area (Å²) in [5.74, 6) is -6.22. The molecule has 40 heavy (non-hydrogen) atoms. The van der Waals surface area contributed by atoms with E-state index in [4.69, 9.17) is 5.11 Å². The number of carbonyl (C=O) groups is 8. The van der Waals surface area contributed by atoms with E-state index in [0.717, 1.165) is 9.80 Å². The number of carboxylic acid groups (broad SMARTS) is 1. The molecule has 14 nitrogen and oxygen atoms in total. The summed E-state index contributed by atoms with van der Waals surface area (Å²) >= 11 is 0. The van der Waals surface area contributed by atoms with Crippen LogP contribution in [0.4, 0.5) is 11.4 Å². The van der Waals surface area contributed by atoms with Crippen molar-refractivity contribution in [3.8, 4) is 0 Å². The molecule has 0 fully saturated rings. The number of anilines is 2. The smallest absolute Gasteiger partial charge is 0.303 e. The second-order valence-electron chi connectivity index (χ2n) is 9.39. The zero-order valence-electron chi connectivity index (χ0n) is 22.1. The maximum absolute atomic E-state index is 13.7. The van der Waals surface area contributed by atoms with Crippen molar-refractivity contribution in [1.82, 2.24) is 10.6 Å². The lowest BCUT2D eigenvalue weighted by atomic mass is 9.96. The molecule has 0 unspecified atom stereocenters. The Kier molecular flexibility index (Phi) is 11.6. The number of rotatable bonds is 14. The van der Waals surface area contributed by atoms with E-state index in [0.29, 0.717) is 6.29 Å². The molecule has 0 aromatic heterocycles. The standard InChI is InChI=1S/C26H32N4O10/c1-15(33)9-17(7-8-24(37)38)25(39)28-19-11-29(23(36)14-32)20-5-3-4-6-21(20)30(26(19)40)12-22(35)27-18(13-31)10-16(2)34/h3-6,13,17-19,32H,7-12,14H2,1-2H3,(H,27,35)(H,28,39)(H,37,38)/t17-,18+,19+/m1/s1. The van der Waals surface area contributed by atoms with Gasteiger partial charge < -0.3 is 35.3 Å². The molecule has 0 radical (unpaired) electrons. The Morgan fingerprint density at radius 2 is 1.68 bits per heavy atom. The quantitative estimate of drug-likeness (QED) is 0.203. The second kappa shape index (κ2) is 14.6. The Bertz CT molecular complexity index is 1180. The molecular formula is C26H32N4O10. The Morgan fingerprint density at radius 1 is 1.05 bits per heavy atom. The summed E-state index contributed by atoms with van der Waals surface area (Å²) in [6.45, 7) is 0.456. The van der Waals surface area contributed by atoms with Crippen LogP contribution < -0.4 is 20.4 Å². The largest absolute Gasteiger partial charge is 0.481 e. The van der Waals surface area contributed by atoms with Gasteiger partial charge in [-0.3, -0.25) is 33.7 Å². The molecule has 1 aromatic rings. The number of nitrogens with one attached hydrogen (secondary N) is 2. The van der Waals surface area contributed by atoms with Crippen LogP contribution >= 0.6 is 0 Å². The summed E-state index contributed by atoms with van der Waals surface area (Å²) in [4.78, 5) is 99.9. The van der Waals surface area contributed by atoms with Crippen LogP contribution in [0.1, 0.15) is 39.5 Å². The molecule has 3 atom stereocenters. The number of carboxylic acids is 1. The van der Waals surface area contributed by atoms with Gasteiger partial charge in [0.2, 0.25) is 11.8 Å². The molecule has 1 aliphatic heterocycles. The van der Waals surface area contributed by atoms with Crippen molar-refractivity contribution >= 4 is 58.8 Å². The second-order valence-corrected chi connectivity index (χ2v) is 9.39. The molecule has 2 rings (SSSR count). The van der Waals surface area contributed by atoms with Crippen LogP contribution in [0.5, 0.6) is 0 Å². The number of aliphatic hydroxyl groups is 1. The molecule has 14 heteroatoms. The summed E-state index contributed by atoms with van der Waals surface area (Å²) < 4.78 is 0. The lowest BCUT2D eigenvalue weighted by Crippen LogP contribution is -2.56. The SMILES string of the molecule is CC(=O)C[C@@H](CCC(=O)O)C(=O)N[C@H]1CN(C(=O)CO)c2ccccc2N(CC(=O)N[C@H](C=O)CC(C)=O)C1=O. The first kappa shape index (κ1) is 31.8. The van der Waals surface area contributed by atoms with Gasteiger partial charge in [0.25, 0.3) is 11.8 Å². The molecule has 0 aliphatic carbocycles. The summed E-state index contributed by atoms with van der Waals surface area (Å²) in [6.07, 6.45) is -0.750. The predicted octanol–water partition coefficient (Wildman–Crippen LogP) is -1.03. The molecule has 0 saturated heterocycles. The van der Waals surface area contributed by atoms with E-state index in [1.807, 2.05) is 0 Å². The third kappa shape index (κ3) is 8.80. The van der Waals surface area contributed by atoms with E-state index in [1.54, 1.807) is 6.07 Å². The summed E-state index contributed by atoms with van der Waals surface area (Å²) in [6, 6.07) is 3.42. The van der Waals surface area contributed by atoms with Crippen LogP contribution in [-0.4, -0.2) is 89.4 Å². The van der Waals surface area contributed by atoms with Crippen molar-refractivity contribution in [1.29, 1.82) is 0 Å². The first-order valence-corrected chi connectivity index (χ1v) is 12.4. The first-order chi connectivity index (χ1) is 18.9. The monoisotopic (exact) mass is 560 g/mol. The highest BCUT2D eigenvalue weighted by molar-refractivity contribution is 6.10. The van der Waals surface area contributed by atoms with Gasteiger partial charge in [-0.05, 0) is 32.4 Å². The summed E-state index contributed by atoms with van der Waals surface area (Å²) in [5.41, 5.74) is 0.253. The molecule has 1 aromatic carbocycles. The Labute approximate surface area is 229 Å². The molecule has 0 bridgehead atoms. The average Bonchev–Trinajstić information content (AvgIpc) is 3.00. The predicted molar refractivity (Wildman–Crippen MR) is 139 cm³/mol. The topological polar surface area (TPSA) is 208 Å². The number of Topliss-reactive ketones (excluding diaryl/α,β-unsaturated/α-hetero) is 2. The van der Waals surface area contributed by atoms with Gasteiger partial charge >= 0.3 is 5.97 Å². The van der Waals surface area contributed by atoms with Crippen molar-refractivity contribution in [2.24, 2.45) is 5.92 Å². The zero-order chi connectivity index (χ0) is 30.0. The number of amides is 4. The lowest BCUT2D eigenvalue weighted by molar-refractivity contribution is -0.138. The minimum Gasteiger partial charge on any atom is -0.481 e. The molecule has 4 N–H and O–H groups in total. The normalized spacial score (nSPS) is 16.2. The van der Waals surface area contributed by atoms with Gasteiger partial charge in [-0.1, -0.05) is 12.1 Å². The number of ketones is 2. The van der Waals surface area contributed by atoms with Gasteiger partial charge in [0.05, 0.1) is 24.0 Å². The van der Waals surface area contributed by atoms with Gasteiger partial charge in [0.15, 0.2) is 0 Å². The van der Waals surface area contributed by atoms with Crippen molar-refractivity contribution in [2.75, 3.05) is 29.5 Å². The Balaban J connectivity index is 2.45. The van der Waals surface area contributed by atoms with Crippen LogP contribution in [0, 0.1) is 5.92 Å². The number of para-hydroxylation sites is 2. The van der Waals surface area contributed by atoms with Crippen molar-refractivity contribution in [3.05, 3.63) is 24.3 Å². The van der Waals surface area contributed by atoms with Crippen molar-refractivity contribution < 1.29 is 48.6 Å². The van der Waals surface area contributed by atoms with Crippen LogP contribution in [0.25, 0.3) is 0 Å². The molecule has 0 saturated carbocycles. The third-order valence-electron chi connectivity index (χ3n) is 6.08. The minimum atomic E-state index is -1.46. The molecule has 1 heterocycles. The van der Waals surface area contributed by atoms with Gasteiger partial charge in [-0.2, -0.15) is 0 Å². The molecule has 4 amide bonds. The summed E-state index contributed by atoms with van der Waals surface area (Å²) in [7, 11) is 0. The van der Waals surface area contributed by atoms with E-state index < -0.39 is 73.7 Å². The van der Waals surface area contributed by atoms with E-state index in [1.165, 1.54) is 32.0 Å². The number of aldehydes is 1. The molecule has 0 spiro atoms. The number of benzene rings is 1. The summed E-state index contributed by atoms with van der Waals surface area (Å²) in [5, 5.41) is 23.4. The van der Waals surface area contributed by atoms with Crippen LogP contribution in [0.15, 0.2) is 24.3 Å². The van der Waals surface area contributed by atoms with Gasteiger partial charge in [0, 0.05) is 25.2 Å². The zero-order valence-corrected chi connectivity index (χ0v) is 22.1. The van der Waals surface area contributed by atoms with Gasteiger partial charge in [0.1, 0.15) is 37.0 Å². The first-order valence-electron chi connectivity index (χ1n) is 12.4. The number of carbonyl (C=O) groups excluding carboxylic acids is 7. The van der Waals surface area contributed by atoms with Gasteiger partial charge in [-0.15, -0.1) is 0 Å². The Morgan fingerprint density at radius 3 is 2.23 bits per heavy atom. The molecular weight excluding hydrogens is 528 g/mol. The van der Waals surface area contributed by atoms with Gasteiger partial charge in [-0.25, -0.2) is 0 Å². The van der Waals surface area contributed by atoms with Crippen LogP contribution in [0.3, 0.4) is 0 Å². The number of hydrogen-bond acceptors (Lipinski definition) is 9. The van der Waals surface area contributed by atoms with E-state index in [9.17, 15) is 43.5 Å². The van der Waals surface area contributed by atoms with Crippen molar-refractivity contribution in [2.45, 2.75) is 51.6 Å². The van der Waals surface area contributed by atoms with E-state index >= 15 is 0 Å². The molecule has 216 valence electrons. The highest BCUT2D eigenvalue weighted by atomic mass is 16.4. The highest BCUT2D eigenvalue weighted by Crippen LogP contribution is 2.33. The third-order valence-corrected chi connectivity index (χ3v) is 6.08. The van der Waals surface area contributed by atoms with Crippen molar-refractivity contribution in [3.63, 3.8) is 0 Å². The maximum atomic E-state index is 13.7. The number of fused-ring (bicyclic) bond motifs is 1. The average molecular weight is 561 g/mol. The number of nitrogens with zero attached hydrogens (tertiary/aromatic N) is 2.